The Morgan fingerprint density at radius 1 is 0.944 bits per heavy atom. The normalized spacial score (nSPS) is 23.0. The number of methoxy groups -OCH3 is 6. The standard InChI is InChI=1S/C33H40N2O9.C9H10O/c1-38-19-7-8-20-21-9-10-35-16-18-13-27(44-32(36)17-11-25(39-2)30(41-4)26(12-17)40-3)31(42-5)28(33(37)43-6)22(18)15-24(35)29(21)34-23(20)14-19;1-2-5-8-6-3-4-7-9(8)10/h7-8,11-12,14,18,22,24,27-28,31,34H,9-10,13,15-16H2,1-6H3;2-4,6-7,10H,1,5H2/t18-,22+,24-,27-,28+,31+;/m1./s1. The van der Waals surface area contributed by atoms with Gasteiger partial charge in [-0.05, 0) is 79.0 Å². The highest BCUT2D eigenvalue weighted by Gasteiger charge is 2.54. The zero-order chi connectivity index (χ0) is 38.5. The molecule has 12 nitrogen and oxygen atoms in total. The Balaban J connectivity index is 0.000000432. The van der Waals surface area contributed by atoms with Crippen molar-refractivity contribution < 1.29 is 47.9 Å². The molecule has 3 heterocycles. The average Bonchev–Trinajstić information content (AvgIpc) is 3.58. The van der Waals surface area contributed by atoms with E-state index in [0.717, 1.165) is 49.2 Å². The van der Waals surface area contributed by atoms with Crippen LogP contribution in [0, 0.1) is 17.8 Å². The zero-order valence-corrected chi connectivity index (χ0v) is 31.8. The van der Waals surface area contributed by atoms with E-state index in [2.05, 4.69) is 22.5 Å². The zero-order valence-electron chi connectivity index (χ0n) is 31.8. The van der Waals surface area contributed by atoms with Gasteiger partial charge < -0.3 is 43.2 Å². The van der Waals surface area contributed by atoms with Gasteiger partial charge in [0.1, 0.15) is 23.7 Å². The molecule has 2 N–H and O–H groups in total. The number of nitrogens with one attached hydrogen (secondary N) is 1. The van der Waals surface area contributed by atoms with E-state index in [0.29, 0.717) is 29.4 Å². The number of phenols is 1. The smallest absolute Gasteiger partial charge is 0.338 e. The fraction of sp³-hybridized carbons (Fsp3) is 0.429. The minimum Gasteiger partial charge on any atom is -0.508 e. The number of fused-ring (bicyclic) bond motifs is 6. The molecule has 1 aliphatic carbocycles. The number of aromatic nitrogens is 1. The van der Waals surface area contributed by atoms with Crippen LogP contribution in [0.3, 0.4) is 0 Å². The first-order chi connectivity index (χ1) is 26.2. The summed E-state index contributed by atoms with van der Waals surface area (Å²) in [4.78, 5) is 33.1. The fourth-order valence-electron chi connectivity index (χ4n) is 8.60. The quantitative estimate of drug-likeness (QED) is 0.140. The summed E-state index contributed by atoms with van der Waals surface area (Å²) >= 11 is 0. The molecule has 12 heteroatoms. The maximum atomic E-state index is 13.5. The number of aromatic hydroxyl groups is 1. The first kappa shape index (κ1) is 38.5. The van der Waals surface area contributed by atoms with Crippen LogP contribution in [0.25, 0.3) is 10.9 Å². The third kappa shape index (κ3) is 7.45. The second-order valence-electron chi connectivity index (χ2n) is 13.8. The summed E-state index contributed by atoms with van der Waals surface area (Å²) < 4.78 is 39.1. The van der Waals surface area contributed by atoms with Gasteiger partial charge in [0, 0.05) is 42.9 Å². The molecule has 1 saturated heterocycles. The Morgan fingerprint density at radius 3 is 2.31 bits per heavy atom. The van der Waals surface area contributed by atoms with E-state index in [1.165, 1.54) is 45.1 Å². The summed E-state index contributed by atoms with van der Waals surface area (Å²) in [6.45, 7) is 5.27. The van der Waals surface area contributed by atoms with Crippen LogP contribution in [0.4, 0.5) is 0 Å². The molecule has 2 fully saturated rings. The SMILES string of the molecule is C=CCc1ccccc1O.COC(=O)[C@H]1[C@H]2C[C@@H]3c4[nH]c5cc(OC)ccc5c4CCN3C[C@H]2C[C@@H](OC(=O)c2cc(OC)c(OC)c(OC)c2)[C@@H]1OC. The monoisotopic (exact) mass is 742 g/mol. The van der Waals surface area contributed by atoms with E-state index in [1.807, 2.05) is 30.3 Å². The lowest BCUT2D eigenvalue weighted by molar-refractivity contribution is -0.176. The van der Waals surface area contributed by atoms with Crippen molar-refractivity contribution in [3.05, 3.63) is 89.6 Å². The Labute approximate surface area is 315 Å². The van der Waals surface area contributed by atoms with Gasteiger partial charge in [0.25, 0.3) is 0 Å². The van der Waals surface area contributed by atoms with Crippen LogP contribution in [0.5, 0.6) is 28.7 Å². The van der Waals surface area contributed by atoms with Crippen LogP contribution in [0.1, 0.15) is 46.1 Å². The second-order valence-corrected chi connectivity index (χ2v) is 13.8. The second kappa shape index (κ2) is 16.9. The molecular weight excluding hydrogens is 692 g/mol. The molecule has 2 aliphatic heterocycles. The third-order valence-corrected chi connectivity index (χ3v) is 11.1. The number of H-pyrrole nitrogens is 1. The number of nitrogens with zero attached hydrogens (tertiary/aromatic N) is 1. The summed E-state index contributed by atoms with van der Waals surface area (Å²) in [6, 6.07) is 16.7. The highest BCUT2D eigenvalue weighted by Crippen LogP contribution is 2.51. The van der Waals surface area contributed by atoms with E-state index in [9.17, 15) is 14.7 Å². The molecule has 0 unspecified atom stereocenters. The first-order valence-electron chi connectivity index (χ1n) is 18.1. The fourth-order valence-corrected chi connectivity index (χ4v) is 8.60. The minimum absolute atomic E-state index is 0.0170. The molecule has 0 radical (unpaired) electrons. The van der Waals surface area contributed by atoms with Gasteiger partial charge in [0.2, 0.25) is 5.75 Å². The lowest BCUT2D eigenvalue weighted by atomic mass is 9.63. The van der Waals surface area contributed by atoms with Crippen molar-refractivity contribution in [2.75, 3.05) is 55.7 Å². The molecule has 1 saturated carbocycles. The Morgan fingerprint density at radius 2 is 1.69 bits per heavy atom. The van der Waals surface area contributed by atoms with Crippen LogP contribution in [-0.4, -0.2) is 94.9 Å². The number of para-hydroxylation sites is 1. The highest BCUT2D eigenvalue weighted by atomic mass is 16.6. The van der Waals surface area contributed by atoms with Gasteiger partial charge in [-0.25, -0.2) is 4.79 Å². The molecule has 6 atom stereocenters. The topological polar surface area (TPSA) is 138 Å². The predicted molar refractivity (Wildman–Crippen MR) is 203 cm³/mol. The van der Waals surface area contributed by atoms with Crippen molar-refractivity contribution >= 4 is 22.8 Å². The molecule has 7 rings (SSSR count). The number of phenolic OH excluding ortho intramolecular Hbond substituents is 1. The van der Waals surface area contributed by atoms with Gasteiger partial charge in [0.15, 0.2) is 11.5 Å². The van der Waals surface area contributed by atoms with Crippen LogP contribution in [-0.2, 0) is 31.8 Å². The number of carbonyl (C=O) groups is 2. The largest absolute Gasteiger partial charge is 0.508 e. The minimum atomic E-state index is -0.670. The van der Waals surface area contributed by atoms with E-state index in [-0.39, 0.29) is 29.4 Å². The van der Waals surface area contributed by atoms with Crippen molar-refractivity contribution in [2.24, 2.45) is 17.8 Å². The maximum Gasteiger partial charge on any atom is 0.338 e. The summed E-state index contributed by atoms with van der Waals surface area (Å²) in [7, 11) is 9.10. The summed E-state index contributed by atoms with van der Waals surface area (Å²) in [6.07, 6.45) is 3.42. The van der Waals surface area contributed by atoms with Crippen molar-refractivity contribution in [1.82, 2.24) is 9.88 Å². The Bertz CT molecular complexity index is 1950. The Kier molecular flexibility index (Phi) is 12.0. The van der Waals surface area contributed by atoms with Crippen molar-refractivity contribution in [3.63, 3.8) is 0 Å². The highest BCUT2D eigenvalue weighted by molar-refractivity contribution is 5.91. The molecule has 1 aromatic heterocycles. The molecule has 3 aromatic carbocycles. The molecule has 3 aliphatic rings. The molecule has 0 amide bonds. The summed E-state index contributed by atoms with van der Waals surface area (Å²) in [5.74, 6) is 0.790. The lowest BCUT2D eigenvalue weighted by Crippen LogP contribution is -2.58. The Hall–Kier alpha value is -5.20. The number of piperidine rings is 1. The van der Waals surface area contributed by atoms with Crippen LogP contribution >= 0.6 is 0 Å². The van der Waals surface area contributed by atoms with E-state index in [1.54, 1.807) is 38.5 Å². The van der Waals surface area contributed by atoms with Gasteiger partial charge >= 0.3 is 11.9 Å². The number of carbonyl (C=O) groups excluding carboxylic acids is 2. The number of rotatable bonds is 10. The summed E-state index contributed by atoms with van der Waals surface area (Å²) in [5, 5.41) is 10.4. The van der Waals surface area contributed by atoms with Gasteiger partial charge in [0.05, 0.1) is 53.1 Å². The molecule has 0 spiro atoms. The van der Waals surface area contributed by atoms with Crippen molar-refractivity contribution in [3.8, 4) is 28.7 Å². The van der Waals surface area contributed by atoms with Crippen molar-refractivity contribution in [1.29, 1.82) is 0 Å². The third-order valence-electron chi connectivity index (χ3n) is 11.1. The predicted octanol–water partition coefficient (Wildman–Crippen LogP) is 6.29. The van der Waals surface area contributed by atoms with Crippen molar-refractivity contribution in [2.45, 2.75) is 43.9 Å². The summed E-state index contributed by atoms with van der Waals surface area (Å²) in [5.41, 5.74) is 4.76. The van der Waals surface area contributed by atoms with Gasteiger partial charge in [-0.2, -0.15) is 0 Å². The number of aromatic amines is 1. The van der Waals surface area contributed by atoms with E-state index < -0.39 is 24.1 Å². The van der Waals surface area contributed by atoms with Crippen LogP contribution in [0.2, 0.25) is 0 Å². The number of hydrogen-bond donors (Lipinski definition) is 2. The van der Waals surface area contributed by atoms with E-state index in [4.69, 9.17) is 33.2 Å². The molecule has 0 bridgehead atoms. The van der Waals surface area contributed by atoms with E-state index >= 15 is 0 Å². The van der Waals surface area contributed by atoms with Crippen LogP contribution < -0.4 is 18.9 Å². The number of hydrogen-bond acceptors (Lipinski definition) is 11. The number of allylic oxidation sites excluding steroid dienone is 1. The maximum absolute atomic E-state index is 13.5. The van der Waals surface area contributed by atoms with Gasteiger partial charge in [-0.1, -0.05) is 24.3 Å². The number of ether oxygens (including phenoxy) is 7. The van der Waals surface area contributed by atoms with Crippen LogP contribution in [0.15, 0.2) is 67.3 Å². The molecule has 4 aromatic rings. The van der Waals surface area contributed by atoms with Gasteiger partial charge in [-0.15, -0.1) is 6.58 Å². The molecule has 288 valence electrons. The number of benzene rings is 3. The molecular formula is C42H50N2O10. The first-order valence-corrected chi connectivity index (χ1v) is 18.1. The molecule has 54 heavy (non-hydrogen) atoms. The van der Waals surface area contributed by atoms with Gasteiger partial charge in [-0.3, -0.25) is 9.69 Å². The average molecular weight is 743 g/mol. The number of esters is 2. The lowest BCUT2D eigenvalue weighted by Gasteiger charge is -2.52.